The SMILES string of the molecule is Cn1cc(-c2ccc(C(=O)NCC[C@@H]3COc4ccccc4O3)cn2)cn1. The molecule has 1 aromatic carbocycles. The van der Waals surface area contributed by atoms with Crippen LogP contribution in [0.4, 0.5) is 0 Å². The molecule has 0 fully saturated rings. The average molecular weight is 364 g/mol. The summed E-state index contributed by atoms with van der Waals surface area (Å²) in [6, 6.07) is 11.2. The van der Waals surface area contributed by atoms with Crippen molar-refractivity contribution in [1.82, 2.24) is 20.1 Å². The summed E-state index contributed by atoms with van der Waals surface area (Å²) in [6.07, 6.45) is 5.79. The number of rotatable bonds is 5. The van der Waals surface area contributed by atoms with Crippen LogP contribution >= 0.6 is 0 Å². The largest absolute Gasteiger partial charge is 0.486 e. The van der Waals surface area contributed by atoms with E-state index < -0.39 is 0 Å². The van der Waals surface area contributed by atoms with Crippen molar-refractivity contribution in [2.75, 3.05) is 13.2 Å². The van der Waals surface area contributed by atoms with Gasteiger partial charge in [0.2, 0.25) is 0 Å². The van der Waals surface area contributed by atoms with Gasteiger partial charge >= 0.3 is 0 Å². The molecule has 0 saturated carbocycles. The Morgan fingerprint density at radius 1 is 1.22 bits per heavy atom. The molecule has 0 saturated heterocycles. The lowest BCUT2D eigenvalue weighted by molar-refractivity contribution is 0.0812. The maximum Gasteiger partial charge on any atom is 0.252 e. The summed E-state index contributed by atoms with van der Waals surface area (Å²) >= 11 is 0. The Balaban J connectivity index is 1.28. The number of aryl methyl sites for hydroxylation is 1. The summed E-state index contributed by atoms with van der Waals surface area (Å²) in [7, 11) is 1.85. The highest BCUT2D eigenvalue weighted by molar-refractivity contribution is 5.94. The van der Waals surface area contributed by atoms with Crippen molar-refractivity contribution in [3.8, 4) is 22.8 Å². The van der Waals surface area contributed by atoms with Crippen molar-refractivity contribution in [3.63, 3.8) is 0 Å². The van der Waals surface area contributed by atoms with Crippen LogP contribution in [0.1, 0.15) is 16.8 Å². The Morgan fingerprint density at radius 3 is 2.81 bits per heavy atom. The standard InChI is InChI=1S/C20H20N4O3/c1-24-12-15(11-23-24)17-7-6-14(10-22-17)20(25)21-9-8-16-13-26-18-4-2-3-5-19(18)27-16/h2-7,10-12,16H,8-9,13H2,1H3,(H,21,25)/t16-/m1/s1. The van der Waals surface area contributed by atoms with Gasteiger partial charge in [0, 0.05) is 38.0 Å². The zero-order valence-corrected chi connectivity index (χ0v) is 15.0. The highest BCUT2D eigenvalue weighted by Gasteiger charge is 2.20. The summed E-state index contributed by atoms with van der Waals surface area (Å²) in [5.41, 5.74) is 2.22. The lowest BCUT2D eigenvalue weighted by Crippen LogP contribution is -2.34. The Morgan fingerprint density at radius 2 is 2.07 bits per heavy atom. The molecule has 0 unspecified atom stereocenters. The number of para-hydroxylation sites is 2. The van der Waals surface area contributed by atoms with Crippen molar-refractivity contribution in [2.45, 2.75) is 12.5 Å². The highest BCUT2D eigenvalue weighted by Crippen LogP contribution is 2.31. The zero-order chi connectivity index (χ0) is 18.6. The molecular weight excluding hydrogens is 344 g/mol. The molecule has 7 heteroatoms. The first-order chi connectivity index (χ1) is 13.2. The van der Waals surface area contributed by atoms with Gasteiger partial charge in [0.1, 0.15) is 12.7 Å². The minimum Gasteiger partial charge on any atom is -0.486 e. The normalized spacial score (nSPS) is 15.4. The van der Waals surface area contributed by atoms with E-state index in [0.717, 1.165) is 22.8 Å². The van der Waals surface area contributed by atoms with E-state index in [1.165, 1.54) is 0 Å². The monoisotopic (exact) mass is 364 g/mol. The predicted octanol–water partition coefficient (Wildman–Crippen LogP) is 2.44. The topological polar surface area (TPSA) is 78.3 Å². The van der Waals surface area contributed by atoms with Gasteiger partial charge in [-0.1, -0.05) is 12.1 Å². The van der Waals surface area contributed by atoms with Crippen molar-refractivity contribution < 1.29 is 14.3 Å². The number of aromatic nitrogens is 3. The van der Waals surface area contributed by atoms with Crippen LogP contribution in [0.25, 0.3) is 11.3 Å². The number of nitrogens with one attached hydrogen (secondary N) is 1. The summed E-state index contributed by atoms with van der Waals surface area (Å²) in [5, 5.41) is 7.03. The molecule has 0 aliphatic carbocycles. The third-order valence-electron chi connectivity index (χ3n) is 4.35. The van der Waals surface area contributed by atoms with Gasteiger partial charge in [-0.2, -0.15) is 5.10 Å². The number of carbonyl (C=O) groups is 1. The molecule has 1 N–H and O–H groups in total. The summed E-state index contributed by atoms with van der Waals surface area (Å²) in [6.45, 7) is 0.980. The molecule has 0 bridgehead atoms. The Labute approximate surface area is 156 Å². The van der Waals surface area contributed by atoms with E-state index >= 15 is 0 Å². The number of hydrogen-bond acceptors (Lipinski definition) is 5. The predicted molar refractivity (Wildman–Crippen MR) is 99.7 cm³/mol. The lowest BCUT2D eigenvalue weighted by atomic mass is 10.2. The molecule has 2 aromatic heterocycles. The number of fused-ring (bicyclic) bond motifs is 1. The first-order valence-electron chi connectivity index (χ1n) is 8.81. The van der Waals surface area contributed by atoms with Crippen LogP contribution in [0.5, 0.6) is 11.5 Å². The molecule has 0 radical (unpaired) electrons. The maximum atomic E-state index is 12.3. The van der Waals surface area contributed by atoms with Gasteiger partial charge in [-0.3, -0.25) is 14.5 Å². The smallest absolute Gasteiger partial charge is 0.252 e. The molecule has 138 valence electrons. The quantitative estimate of drug-likeness (QED) is 0.752. The number of carbonyl (C=O) groups excluding carboxylic acids is 1. The molecule has 0 spiro atoms. The number of pyridine rings is 1. The van der Waals surface area contributed by atoms with Gasteiger partial charge in [0.15, 0.2) is 11.5 Å². The van der Waals surface area contributed by atoms with E-state index in [1.54, 1.807) is 23.1 Å². The third-order valence-corrected chi connectivity index (χ3v) is 4.35. The van der Waals surface area contributed by atoms with E-state index in [9.17, 15) is 4.79 Å². The molecule has 27 heavy (non-hydrogen) atoms. The zero-order valence-electron chi connectivity index (χ0n) is 15.0. The highest BCUT2D eigenvalue weighted by atomic mass is 16.6. The molecule has 3 heterocycles. The second-order valence-corrected chi connectivity index (χ2v) is 6.38. The number of amides is 1. The van der Waals surface area contributed by atoms with Crippen LogP contribution in [0.15, 0.2) is 55.0 Å². The van der Waals surface area contributed by atoms with E-state index in [2.05, 4.69) is 15.4 Å². The summed E-state index contributed by atoms with van der Waals surface area (Å²) in [5.74, 6) is 1.35. The minimum atomic E-state index is -0.155. The van der Waals surface area contributed by atoms with Gasteiger partial charge in [0.05, 0.1) is 17.5 Å². The molecule has 4 rings (SSSR count). The molecule has 1 atom stereocenters. The molecular formula is C20H20N4O3. The van der Waals surface area contributed by atoms with Crippen LogP contribution in [0.3, 0.4) is 0 Å². The van der Waals surface area contributed by atoms with Crippen LogP contribution in [0, 0.1) is 0 Å². The van der Waals surface area contributed by atoms with Gasteiger partial charge in [0.25, 0.3) is 5.91 Å². The second kappa shape index (κ2) is 7.49. The van der Waals surface area contributed by atoms with Crippen molar-refractivity contribution >= 4 is 5.91 Å². The van der Waals surface area contributed by atoms with Crippen LogP contribution in [-0.2, 0) is 7.05 Å². The first kappa shape index (κ1) is 17.1. The van der Waals surface area contributed by atoms with Crippen molar-refractivity contribution in [1.29, 1.82) is 0 Å². The van der Waals surface area contributed by atoms with Crippen LogP contribution in [-0.4, -0.2) is 39.9 Å². The fourth-order valence-electron chi connectivity index (χ4n) is 2.91. The van der Waals surface area contributed by atoms with Gasteiger partial charge in [-0.25, -0.2) is 0 Å². The Bertz CT molecular complexity index is 936. The summed E-state index contributed by atoms with van der Waals surface area (Å²) in [4.78, 5) is 16.6. The van der Waals surface area contributed by atoms with Crippen LogP contribution in [0.2, 0.25) is 0 Å². The van der Waals surface area contributed by atoms with E-state index in [0.29, 0.717) is 25.1 Å². The molecule has 1 aliphatic rings. The summed E-state index contributed by atoms with van der Waals surface area (Å²) < 4.78 is 13.3. The number of benzene rings is 1. The lowest BCUT2D eigenvalue weighted by Gasteiger charge is -2.26. The third kappa shape index (κ3) is 3.92. The van der Waals surface area contributed by atoms with Gasteiger partial charge < -0.3 is 14.8 Å². The average Bonchev–Trinajstić information content (AvgIpc) is 3.14. The van der Waals surface area contributed by atoms with Crippen LogP contribution < -0.4 is 14.8 Å². The van der Waals surface area contributed by atoms with Crippen molar-refractivity contribution in [3.05, 3.63) is 60.6 Å². The first-order valence-corrected chi connectivity index (χ1v) is 8.81. The number of hydrogen-bond donors (Lipinski definition) is 1. The van der Waals surface area contributed by atoms with E-state index in [4.69, 9.17) is 9.47 Å². The maximum absolute atomic E-state index is 12.3. The van der Waals surface area contributed by atoms with Gasteiger partial charge in [-0.05, 0) is 24.3 Å². The van der Waals surface area contributed by atoms with E-state index in [-0.39, 0.29) is 12.0 Å². The molecule has 1 amide bonds. The van der Waals surface area contributed by atoms with Crippen molar-refractivity contribution in [2.24, 2.45) is 7.05 Å². The molecule has 1 aliphatic heterocycles. The molecule has 3 aromatic rings. The van der Waals surface area contributed by atoms with Gasteiger partial charge in [-0.15, -0.1) is 0 Å². The Kier molecular flexibility index (Phi) is 4.74. The Hall–Kier alpha value is -3.35. The van der Waals surface area contributed by atoms with E-state index in [1.807, 2.05) is 43.6 Å². The number of ether oxygens (including phenoxy) is 2. The molecule has 7 nitrogen and oxygen atoms in total. The minimum absolute atomic E-state index is 0.0775. The number of nitrogens with zero attached hydrogens (tertiary/aromatic N) is 3. The fraction of sp³-hybridized carbons (Fsp3) is 0.250. The second-order valence-electron chi connectivity index (χ2n) is 6.38. The fourth-order valence-corrected chi connectivity index (χ4v) is 2.91.